The third kappa shape index (κ3) is 9.50. The Hall–Kier alpha value is -2.95. The van der Waals surface area contributed by atoms with Crippen LogP contribution in [0.15, 0.2) is 78.9 Å². The summed E-state index contributed by atoms with van der Waals surface area (Å²) in [5, 5.41) is 0. The summed E-state index contributed by atoms with van der Waals surface area (Å²) in [4.78, 5) is 8.81. The van der Waals surface area contributed by atoms with Gasteiger partial charge in [-0.2, -0.15) is 13.2 Å². The number of benzene rings is 3. The normalized spacial score (nSPS) is 10.0. The molecule has 0 aliphatic carbocycles. The molecular weight excluding hydrogens is 392 g/mol. The van der Waals surface area contributed by atoms with Crippen LogP contribution in [0.25, 0.3) is 0 Å². The summed E-state index contributed by atoms with van der Waals surface area (Å²) in [6.07, 6.45) is -3.54. The van der Waals surface area contributed by atoms with Crippen LogP contribution in [0.2, 0.25) is 0 Å². The Labute approximate surface area is 175 Å². The van der Waals surface area contributed by atoms with E-state index in [-0.39, 0.29) is 15.8 Å². The fourth-order valence-corrected chi connectivity index (χ4v) is 2.62. The van der Waals surface area contributed by atoms with Crippen LogP contribution >= 0.6 is 0 Å². The first-order valence-corrected chi connectivity index (χ1v) is 9.30. The smallest absolute Gasteiger partial charge is 0.304 e. The van der Waals surface area contributed by atoms with E-state index in [9.17, 15) is 13.2 Å². The molecule has 0 radical (unpaired) electrons. The van der Waals surface area contributed by atoms with Crippen molar-refractivity contribution in [3.63, 3.8) is 0 Å². The maximum atomic E-state index is 13.3. The molecule has 0 spiro atoms. The van der Waals surface area contributed by atoms with Crippen molar-refractivity contribution in [2.75, 3.05) is 0 Å². The van der Waals surface area contributed by atoms with Crippen LogP contribution in [0.5, 0.6) is 0 Å². The van der Waals surface area contributed by atoms with Crippen molar-refractivity contribution in [1.82, 2.24) is 0 Å². The largest absolute Gasteiger partial charge is 0.399 e. The maximum Gasteiger partial charge on any atom is 0.399 e. The van der Waals surface area contributed by atoms with Crippen LogP contribution in [-0.2, 0) is 4.79 Å². The first-order valence-electron chi connectivity index (χ1n) is 9.30. The van der Waals surface area contributed by atoms with Gasteiger partial charge in [0.25, 0.3) is 0 Å². The second-order valence-electron chi connectivity index (χ2n) is 6.69. The SMILES string of the molecule is CC=O.Cc1ccc(C(c2ccc(C)cc2)C(F)(F)F)cc1.Cc1ccccc1.F. The highest BCUT2D eigenvalue weighted by Gasteiger charge is 2.41. The molecule has 0 aromatic heterocycles. The van der Waals surface area contributed by atoms with E-state index in [1.54, 1.807) is 48.5 Å². The van der Waals surface area contributed by atoms with E-state index in [2.05, 4.69) is 19.1 Å². The van der Waals surface area contributed by atoms with Crippen molar-refractivity contribution in [3.05, 3.63) is 107 Å². The summed E-state index contributed by atoms with van der Waals surface area (Å²) >= 11 is 0. The summed E-state index contributed by atoms with van der Waals surface area (Å²) in [7, 11) is 0. The Bertz CT molecular complexity index is 794. The number of hydrogen-bond acceptors (Lipinski definition) is 1. The van der Waals surface area contributed by atoms with Gasteiger partial charge in [0.05, 0.1) is 0 Å². The van der Waals surface area contributed by atoms with E-state index in [4.69, 9.17) is 4.79 Å². The van der Waals surface area contributed by atoms with Gasteiger partial charge in [-0.05, 0) is 38.8 Å². The van der Waals surface area contributed by atoms with E-state index < -0.39 is 12.1 Å². The molecule has 30 heavy (non-hydrogen) atoms. The summed E-state index contributed by atoms with van der Waals surface area (Å²) < 4.78 is 39.9. The van der Waals surface area contributed by atoms with Gasteiger partial charge in [-0.15, -0.1) is 0 Å². The lowest BCUT2D eigenvalue weighted by molar-refractivity contribution is -0.141. The zero-order valence-corrected chi connectivity index (χ0v) is 17.6. The quantitative estimate of drug-likeness (QED) is 0.313. The molecule has 0 saturated heterocycles. The first-order chi connectivity index (χ1) is 13.7. The predicted molar refractivity (Wildman–Crippen MR) is 116 cm³/mol. The second kappa shape index (κ2) is 13.3. The Kier molecular flexibility index (Phi) is 12.0. The van der Waals surface area contributed by atoms with E-state index in [1.807, 2.05) is 32.0 Å². The van der Waals surface area contributed by atoms with Crippen molar-refractivity contribution in [3.8, 4) is 0 Å². The minimum absolute atomic E-state index is 0. The fourth-order valence-electron chi connectivity index (χ4n) is 2.62. The molecule has 3 aromatic rings. The molecule has 0 fully saturated rings. The molecule has 0 saturated carbocycles. The molecule has 3 aromatic carbocycles. The van der Waals surface area contributed by atoms with Gasteiger partial charge in [0.2, 0.25) is 0 Å². The summed E-state index contributed by atoms with van der Waals surface area (Å²) in [5.41, 5.74) is 3.79. The highest BCUT2D eigenvalue weighted by Crippen LogP contribution is 2.40. The third-order valence-corrected chi connectivity index (χ3v) is 4.09. The summed E-state index contributed by atoms with van der Waals surface area (Å²) in [6.45, 7) is 7.25. The number of aryl methyl sites for hydroxylation is 3. The van der Waals surface area contributed by atoms with Crippen molar-refractivity contribution in [1.29, 1.82) is 0 Å². The molecule has 0 unspecified atom stereocenters. The molecule has 0 heterocycles. The highest BCUT2D eigenvalue weighted by molar-refractivity contribution is 5.44. The Balaban J connectivity index is 0.000000637. The first kappa shape index (κ1) is 27.0. The minimum atomic E-state index is -4.29. The average Bonchev–Trinajstić information content (AvgIpc) is 2.66. The molecule has 5 heteroatoms. The molecule has 0 aliphatic rings. The van der Waals surface area contributed by atoms with Gasteiger partial charge >= 0.3 is 6.18 Å². The zero-order valence-electron chi connectivity index (χ0n) is 17.6. The van der Waals surface area contributed by atoms with Crippen LogP contribution in [-0.4, -0.2) is 12.5 Å². The molecule has 1 nitrogen and oxygen atoms in total. The number of aldehydes is 1. The van der Waals surface area contributed by atoms with Gasteiger partial charge in [0, 0.05) is 0 Å². The van der Waals surface area contributed by atoms with Gasteiger partial charge in [-0.1, -0.05) is 95.6 Å². The van der Waals surface area contributed by atoms with E-state index in [0.717, 1.165) is 17.4 Å². The van der Waals surface area contributed by atoms with Gasteiger partial charge in [-0.3, -0.25) is 4.70 Å². The number of alkyl halides is 3. The number of rotatable bonds is 2. The number of carbonyl (C=O) groups is 1. The molecular formula is C25H28F4O. The van der Waals surface area contributed by atoms with Crippen molar-refractivity contribution < 1.29 is 22.7 Å². The van der Waals surface area contributed by atoms with Crippen LogP contribution in [0.4, 0.5) is 17.9 Å². The van der Waals surface area contributed by atoms with Gasteiger partial charge < -0.3 is 4.79 Å². The lowest BCUT2D eigenvalue weighted by Crippen LogP contribution is -2.22. The van der Waals surface area contributed by atoms with Crippen molar-refractivity contribution in [2.45, 2.75) is 39.8 Å². The van der Waals surface area contributed by atoms with Crippen LogP contribution < -0.4 is 0 Å². The Morgan fingerprint density at radius 2 is 0.967 bits per heavy atom. The Morgan fingerprint density at radius 1 is 0.667 bits per heavy atom. The lowest BCUT2D eigenvalue weighted by atomic mass is 9.90. The second-order valence-corrected chi connectivity index (χ2v) is 6.69. The van der Waals surface area contributed by atoms with Gasteiger partial charge in [0.15, 0.2) is 0 Å². The monoisotopic (exact) mass is 420 g/mol. The topological polar surface area (TPSA) is 17.1 Å². The average molecular weight is 420 g/mol. The highest BCUT2D eigenvalue weighted by atomic mass is 19.4. The molecule has 0 bridgehead atoms. The predicted octanol–water partition coefficient (Wildman–Crippen LogP) is 7.35. The van der Waals surface area contributed by atoms with E-state index >= 15 is 0 Å². The number of hydrogen-bond donors (Lipinski definition) is 0. The third-order valence-electron chi connectivity index (χ3n) is 4.09. The van der Waals surface area contributed by atoms with Crippen LogP contribution in [0.1, 0.15) is 40.7 Å². The summed E-state index contributed by atoms with van der Waals surface area (Å²) in [5.74, 6) is -1.56. The molecule has 0 N–H and O–H groups in total. The minimum Gasteiger partial charge on any atom is -0.304 e. The number of carbonyl (C=O) groups excluding carboxylic acids is 1. The van der Waals surface area contributed by atoms with Gasteiger partial charge in [0.1, 0.15) is 12.2 Å². The standard InChI is InChI=1S/C16H15F3.C7H8.C2H4O.FH/c1-11-3-7-13(8-4-11)15(16(17,18)19)14-9-5-12(2)6-10-14;1-7-5-3-2-4-6-7;1-2-3;/h3-10,15H,1-2H3;2-6H,1H3;2H,1H3;1H. The maximum absolute atomic E-state index is 13.3. The number of halogens is 4. The zero-order chi connectivity index (χ0) is 21.9. The van der Waals surface area contributed by atoms with E-state index in [1.165, 1.54) is 12.5 Å². The molecule has 0 aliphatic heterocycles. The molecule has 3 rings (SSSR count). The molecule has 162 valence electrons. The van der Waals surface area contributed by atoms with Crippen molar-refractivity contribution >= 4 is 6.29 Å². The lowest BCUT2D eigenvalue weighted by Gasteiger charge is -2.21. The van der Waals surface area contributed by atoms with Crippen molar-refractivity contribution in [2.24, 2.45) is 0 Å². The van der Waals surface area contributed by atoms with Crippen LogP contribution in [0.3, 0.4) is 0 Å². The fraction of sp³-hybridized carbons (Fsp3) is 0.240. The van der Waals surface area contributed by atoms with Crippen LogP contribution in [0, 0.1) is 20.8 Å². The summed E-state index contributed by atoms with van der Waals surface area (Å²) in [6, 6.07) is 23.3. The molecule has 0 amide bonds. The molecule has 0 atom stereocenters. The van der Waals surface area contributed by atoms with Gasteiger partial charge in [-0.25, -0.2) is 0 Å². The Morgan fingerprint density at radius 3 is 1.20 bits per heavy atom. The van der Waals surface area contributed by atoms with E-state index in [0.29, 0.717) is 0 Å².